The van der Waals surface area contributed by atoms with E-state index in [1.165, 1.54) is 33.4 Å². The van der Waals surface area contributed by atoms with E-state index in [0.717, 1.165) is 12.8 Å². The van der Waals surface area contributed by atoms with Gasteiger partial charge in [-0.1, -0.05) is 0 Å². The topological polar surface area (TPSA) is 0 Å². The minimum Gasteiger partial charge on any atom is -0.00958 e. The predicted molar refractivity (Wildman–Crippen MR) is 66.3 cm³/mol. The highest BCUT2D eigenvalue weighted by molar-refractivity contribution is 5.85. The second-order valence-corrected chi connectivity index (χ2v) is 4.64. The molecule has 0 atom stereocenters. The number of rotatable bonds is 0. The monoisotopic (exact) mass is 204 g/mol. The third-order valence-electron chi connectivity index (χ3n) is 3.71. The van der Waals surface area contributed by atoms with Crippen LogP contribution in [0.2, 0.25) is 0 Å². The first-order valence-electron chi connectivity index (χ1n) is 5.82. The molecular weight excluding hydrogens is 192 g/mol. The summed E-state index contributed by atoms with van der Waals surface area (Å²) >= 11 is 0. The molecule has 0 heteroatoms. The van der Waals surface area contributed by atoms with Gasteiger partial charge in [-0.3, -0.25) is 0 Å². The third-order valence-corrected chi connectivity index (χ3v) is 3.71. The third kappa shape index (κ3) is 0.943. The average Bonchev–Trinajstić information content (AvgIpc) is 2.65. The molecule has 0 aromatic heterocycles. The van der Waals surface area contributed by atoms with Crippen molar-refractivity contribution in [1.29, 1.82) is 0 Å². The summed E-state index contributed by atoms with van der Waals surface area (Å²) in [6, 6.07) is 17.8. The molecule has 2 aliphatic carbocycles. The molecule has 0 aliphatic heterocycles. The highest BCUT2D eigenvalue weighted by Gasteiger charge is 2.41. The van der Waals surface area contributed by atoms with Crippen molar-refractivity contribution >= 4 is 0 Å². The van der Waals surface area contributed by atoms with Crippen molar-refractivity contribution in [2.45, 2.75) is 12.8 Å². The molecule has 0 saturated carbocycles. The number of hydrogen-bond acceptors (Lipinski definition) is 0. The second kappa shape index (κ2) is 2.85. The van der Waals surface area contributed by atoms with Crippen LogP contribution in [0.15, 0.2) is 48.5 Å². The van der Waals surface area contributed by atoms with E-state index in [9.17, 15) is 0 Å². The van der Waals surface area contributed by atoms with Gasteiger partial charge in [-0.15, -0.1) is 0 Å². The lowest BCUT2D eigenvalue weighted by molar-refractivity contribution is 1.22. The van der Waals surface area contributed by atoms with E-state index < -0.39 is 0 Å². The molecule has 2 aliphatic rings. The molecule has 0 spiro atoms. The quantitative estimate of drug-likeness (QED) is 0.383. The van der Waals surface area contributed by atoms with Gasteiger partial charge in [-0.05, 0) is 12.1 Å². The first-order valence-corrected chi connectivity index (χ1v) is 5.82. The molecule has 0 nitrogen and oxygen atoms in total. The van der Waals surface area contributed by atoms with Crippen LogP contribution in [0, 0.1) is 0 Å². The Morgan fingerprint density at radius 2 is 1.31 bits per heavy atom. The normalized spacial score (nSPS) is 13.8. The predicted octanol–water partition coefficient (Wildman–Crippen LogP) is 3.72. The van der Waals surface area contributed by atoms with E-state index in [-0.39, 0.29) is 0 Å². The fraction of sp³-hybridized carbons (Fsp3) is 0.125. The lowest BCUT2D eigenvalue weighted by Gasteiger charge is -1.82. The van der Waals surface area contributed by atoms with Gasteiger partial charge in [0.15, 0.2) is 11.1 Å². The van der Waals surface area contributed by atoms with Gasteiger partial charge in [0, 0.05) is 36.4 Å². The Balaban J connectivity index is 2.21. The molecule has 2 aromatic rings. The molecule has 0 radical (unpaired) electrons. The molecule has 4 rings (SSSR count). The maximum atomic E-state index is 2.27. The highest BCUT2D eigenvalue weighted by atomic mass is 14.3. The van der Waals surface area contributed by atoms with Crippen molar-refractivity contribution in [1.82, 2.24) is 0 Å². The van der Waals surface area contributed by atoms with Crippen molar-refractivity contribution in [3.05, 3.63) is 70.8 Å². The zero-order valence-corrected chi connectivity index (χ0v) is 9.03. The Morgan fingerprint density at radius 3 is 1.88 bits per heavy atom. The van der Waals surface area contributed by atoms with Gasteiger partial charge in [-0.25, -0.2) is 0 Å². The summed E-state index contributed by atoms with van der Waals surface area (Å²) in [6.45, 7) is 0. The fourth-order valence-corrected chi connectivity index (χ4v) is 3.07. The molecule has 16 heavy (non-hydrogen) atoms. The molecule has 0 unspecified atom stereocenters. The molecular formula is C16H12+2. The zero-order chi connectivity index (χ0) is 10.5. The smallest absolute Gasteiger partial charge is 0.00958 e. The SMILES string of the molecule is c1cc[c+]2c3c(c1)Cc1cccc[c+](c1-3)C2. The van der Waals surface area contributed by atoms with Crippen molar-refractivity contribution in [2.75, 3.05) is 0 Å². The maximum Gasteiger partial charge on any atom is 0.188 e. The zero-order valence-electron chi connectivity index (χ0n) is 9.03. The van der Waals surface area contributed by atoms with Crippen LogP contribution >= 0.6 is 0 Å². The van der Waals surface area contributed by atoms with Crippen molar-refractivity contribution in [3.63, 3.8) is 0 Å². The van der Waals surface area contributed by atoms with Crippen LogP contribution in [0.4, 0.5) is 0 Å². The molecule has 0 fully saturated rings. The Hall–Kier alpha value is -1.82. The van der Waals surface area contributed by atoms with E-state index >= 15 is 0 Å². The lowest BCUT2D eigenvalue weighted by Crippen LogP contribution is -1.81. The number of hydrogen-bond donors (Lipinski definition) is 0. The van der Waals surface area contributed by atoms with Gasteiger partial charge < -0.3 is 0 Å². The van der Waals surface area contributed by atoms with Crippen LogP contribution in [-0.2, 0) is 12.8 Å². The van der Waals surface area contributed by atoms with Crippen LogP contribution < -0.4 is 0 Å². The van der Waals surface area contributed by atoms with E-state index in [4.69, 9.17) is 0 Å². The summed E-state index contributed by atoms with van der Waals surface area (Å²) in [5, 5.41) is 0. The molecule has 0 heterocycles. The summed E-state index contributed by atoms with van der Waals surface area (Å²) < 4.78 is 0. The first-order chi connectivity index (χ1) is 7.93. The van der Waals surface area contributed by atoms with Gasteiger partial charge in [0.05, 0.1) is 24.0 Å². The molecule has 0 saturated heterocycles. The Morgan fingerprint density at radius 1 is 0.750 bits per heavy atom. The summed E-state index contributed by atoms with van der Waals surface area (Å²) in [5.74, 6) is 0. The minimum atomic E-state index is 1.11. The molecule has 0 bridgehead atoms. The van der Waals surface area contributed by atoms with E-state index in [2.05, 4.69) is 48.5 Å². The van der Waals surface area contributed by atoms with E-state index in [1.807, 2.05) is 0 Å². The first kappa shape index (κ1) is 8.35. The van der Waals surface area contributed by atoms with Gasteiger partial charge in [-0.2, -0.15) is 0 Å². The molecule has 0 amide bonds. The standard InChI is InChI=1S/C16H12/c1-2-6-12-10-14-8-4-3-7-13-9-11(5-1)15(12)16(13)14/h1-8H,9-10H2/q+2. The van der Waals surface area contributed by atoms with Crippen LogP contribution in [0.3, 0.4) is 0 Å². The van der Waals surface area contributed by atoms with Gasteiger partial charge >= 0.3 is 0 Å². The van der Waals surface area contributed by atoms with Crippen LogP contribution in [-0.4, -0.2) is 0 Å². The fourth-order valence-electron chi connectivity index (χ4n) is 3.07. The minimum absolute atomic E-state index is 1.11. The van der Waals surface area contributed by atoms with Gasteiger partial charge in [0.2, 0.25) is 0 Å². The molecule has 74 valence electrons. The summed E-state index contributed by atoms with van der Waals surface area (Å²) in [5.41, 5.74) is 9.04. The van der Waals surface area contributed by atoms with Gasteiger partial charge in [0.1, 0.15) is 11.1 Å². The second-order valence-electron chi connectivity index (χ2n) is 4.64. The lowest BCUT2D eigenvalue weighted by atomic mass is 10.1. The molecule has 2 aromatic carbocycles. The van der Waals surface area contributed by atoms with Gasteiger partial charge in [0.25, 0.3) is 0 Å². The highest BCUT2D eigenvalue weighted by Crippen LogP contribution is 2.45. The van der Waals surface area contributed by atoms with Crippen LogP contribution in [0.5, 0.6) is 0 Å². The van der Waals surface area contributed by atoms with Crippen LogP contribution in [0.1, 0.15) is 22.3 Å². The maximum absolute atomic E-state index is 2.27. The van der Waals surface area contributed by atoms with Crippen molar-refractivity contribution in [2.24, 2.45) is 0 Å². The Bertz CT molecular complexity index is 515. The van der Waals surface area contributed by atoms with E-state index in [0.29, 0.717) is 0 Å². The summed E-state index contributed by atoms with van der Waals surface area (Å²) in [6.07, 6.45) is 2.21. The van der Waals surface area contributed by atoms with Crippen LogP contribution in [0.25, 0.3) is 11.1 Å². The van der Waals surface area contributed by atoms with Crippen molar-refractivity contribution in [3.8, 4) is 11.1 Å². The average molecular weight is 204 g/mol. The Kier molecular flexibility index (Phi) is 1.49. The Labute approximate surface area is 95.2 Å². The summed E-state index contributed by atoms with van der Waals surface area (Å²) in [7, 11) is 0. The summed E-state index contributed by atoms with van der Waals surface area (Å²) in [4.78, 5) is 0. The largest absolute Gasteiger partial charge is 0.188 e. The van der Waals surface area contributed by atoms with Crippen molar-refractivity contribution < 1.29 is 0 Å². The van der Waals surface area contributed by atoms with E-state index in [1.54, 1.807) is 0 Å². The molecule has 0 N–H and O–H groups in total.